The number of aromatic hydroxyl groups is 2. The Morgan fingerprint density at radius 1 is 0.537 bits per heavy atom. The van der Waals surface area contributed by atoms with Crippen LogP contribution in [-0.4, -0.2) is 14.8 Å². The van der Waals surface area contributed by atoms with Gasteiger partial charge in [-0.2, -0.15) is 0 Å². The topological polar surface area (TPSA) is 45.4 Å². The molecule has 3 nitrogen and oxygen atoms in total. The van der Waals surface area contributed by atoms with Crippen LogP contribution >= 0.6 is 0 Å². The standard InChI is InChI=1S/C21H23NO.C17H20O/c1-15-9-5-6-10-17(15)18-13-16(21(2,3)4)14-19(20(18)23)22-11-7-8-12-22;1-12-7-5-6-8-16(12)13-9-14(17(2,3)4)11-15(18)10-13/h5-14,23H,1-4H3;5-11,18H,1-4H3. The third-order valence-electron chi connectivity index (χ3n) is 7.51. The van der Waals surface area contributed by atoms with Gasteiger partial charge in [0.25, 0.3) is 0 Å². The van der Waals surface area contributed by atoms with E-state index in [2.05, 4.69) is 97.9 Å². The van der Waals surface area contributed by atoms with Crippen LogP contribution in [0.1, 0.15) is 63.8 Å². The fraction of sp³-hybridized carbons (Fsp3) is 0.263. The van der Waals surface area contributed by atoms with Gasteiger partial charge in [0, 0.05) is 18.0 Å². The van der Waals surface area contributed by atoms with E-state index in [0.29, 0.717) is 11.5 Å². The predicted octanol–water partition coefficient (Wildman–Crippen LogP) is 10.1. The third kappa shape index (κ3) is 6.92. The lowest BCUT2D eigenvalue weighted by Gasteiger charge is -2.23. The Hall–Kier alpha value is -4.24. The van der Waals surface area contributed by atoms with E-state index in [0.717, 1.165) is 33.5 Å². The first-order valence-corrected chi connectivity index (χ1v) is 14.2. The summed E-state index contributed by atoms with van der Waals surface area (Å²) in [6, 6.07) is 30.4. The molecule has 0 aliphatic carbocycles. The summed E-state index contributed by atoms with van der Waals surface area (Å²) in [7, 11) is 0. The minimum absolute atomic E-state index is 0.00698. The molecule has 0 radical (unpaired) electrons. The molecular weight excluding hydrogens is 502 g/mol. The van der Waals surface area contributed by atoms with Crippen molar-refractivity contribution in [3.63, 3.8) is 0 Å². The average Bonchev–Trinajstić information content (AvgIpc) is 3.43. The minimum Gasteiger partial charge on any atom is -0.508 e. The Labute approximate surface area is 245 Å². The number of phenolic OH excluding ortho intramolecular Hbond substituents is 2. The molecule has 0 unspecified atom stereocenters. The molecule has 0 bridgehead atoms. The first-order valence-electron chi connectivity index (χ1n) is 14.2. The second-order valence-electron chi connectivity index (χ2n) is 12.9. The van der Waals surface area contributed by atoms with Gasteiger partial charge in [-0.3, -0.25) is 0 Å². The normalized spacial score (nSPS) is 11.6. The van der Waals surface area contributed by atoms with Gasteiger partial charge in [0.2, 0.25) is 0 Å². The van der Waals surface area contributed by atoms with Crippen molar-refractivity contribution in [3.05, 3.63) is 126 Å². The molecule has 0 amide bonds. The Kier molecular flexibility index (Phi) is 8.49. The zero-order chi connectivity index (χ0) is 29.9. The van der Waals surface area contributed by atoms with E-state index >= 15 is 0 Å². The summed E-state index contributed by atoms with van der Waals surface area (Å²) in [6.07, 6.45) is 3.92. The molecule has 0 aliphatic rings. The fourth-order valence-corrected chi connectivity index (χ4v) is 4.92. The van der Waals surface area contributed by atoms with Gasteiger partial charge >= 0.3 is 0 Å². The van der Waals surface area contributed by atoms with E-state index in [9.17, 15) is 10.2 Å². The molecule has 0 spiro atoms. The molecule has 1 aromatic heterocycles. The average molecular weight is 546 g/mol. The van der Waals surface area contributed by atoms with Gasteiger partial charge in [0.05, 0.1) is 5.69 Å². The van der Waals surface area contributed by atoms with Crippen molar-refractivity contribution in [2.75, 3.05) is 0 Å². The Morgan fingerprint density at radius 2 is 1.05 bits per heavy atom. The molecule has 5 aromatic rings. The summed E-state index contributed by atoms with van der Waals surface area (Å²) in [6.45, 7) is 17.2. The van der Waals surface area contributed by atoms with Crippen LogP contribution in [0, 0.1) is 13.8 Å². The first-order chi connectivity index (χ1) is 19.3. The van der Waals surface area contributed by atoms with E-state index in [1.54, 1.807) is 0 Å². The Balaban J connectivity index is 0.000000195. The minimum atomic E-state index is 0.00698. The molecule has 0 saturated carbocycles. The monoisotopic (exact) mass is 545 g/mol. The molecule has 41 heavy (non-hydrogen) atoms. The largest absolute Gasteiger partial charge is 0.508 e. The molecule has 4 aromatic carbocycles. The lowest BCUT2D eigenvalue weighted by atomic mass is 9.84. The smallest absolute Gasteiger partial charge is 0.147 e. The summed E-state index contributed by atoms with van der Waals surface area (Å²) in [5, 5.41) is 20.8. The van der Waals surface area contributed by atoms with Gasteiger partial charge < -0.3 is 14.8 Å². The quantitative estimate of drug-likeness (QED) is 0.237. The summed E-state index contributed by atoms with van der Waals surface area (Å²) >= 11 is 0. The van der Waals surface area contributed by atoms with Crippen LogP contribution in [-0.2, 0) is 10.8 Å². The first kappa shape index (κ1) is 29.7. The predicted molar refractivity (Wildman–Crippen MR) is 173 cm³/mol. The highest BCUT2D eigenvalue weighted by atomic mass is 16.3. The molecule has 1 heterocycles. The number of aromatic nitrogens is 1. The number of benzene rings is 4. The van der Waals surface area contributed by atoms with Crippen molar-refractivity contribution in [1.82, 2.24) is 4.57 Å². The SMILES string of the molecule is Cc1ccccc1-c1cc(C(C)(C)C)cc(-n2cccc2)c1O.Cc1ccccc1-c1cc(O)cc(C(C)(C)C)c1. The molecule has 5 rings (SSSR count). The summed E-state index contributed by atoms with van der Waals surface area (Å²) in [4.78, 5) is 0. The van der Waals surface area contributed by atoms with Gasteiger partial charge in [0.15, 0.2) is 0 Å². The van der Waals surface area contributed by atoms with E-state index < -0.39 is 0 Å². The van der Waals surface area contributed by atoms with Crippen LogP contribution in [0.2, 0.25) is 0 Å². The highest BCUT2D eigenvalue weighted by Gasteiger charge is 2.21. The van der Waals surface area contributed by atoms with E-state index in [4.69, 9.17) is 0 Å². The Bertz CT molecular complexity index is 1630. The van der Waals surface area contributed by atoms with Gasteiger partial charge in [-0.05, 0) is 100 Å². The molecule has 0 fully saturated rings. The van der Waals surface area contributed by atoms with Gasteiger partial charge in [-0.15, -0.1) is 0 Å². The van der Waals surface area contributed by atoms with Crippen LogP contribution in [0.4, 0.5) is 0 Å². The number of hydrogen-bond acceptors (Lipinski definition) is 2. The van der Waals surface area contributed by atoms with Crippen LogP contribution < -0.4 is 0 Å². The van der Waals surface area contributed by atoms with Crippen molar-refractivity contribution in [3.8, 4) is 39.4 Å². The highest BCUT2D eigenvalue weighted by molar-refractivity contribution is 5.78. The number of phenols is 2. The van der Waals surface area contributed by atoms with Gasteiger partial charge in [-0.25, -0.2) is 0 Å². The number of hydrogen-bond donors (Lipinski definition) is 2. The molecular formula is C38H43NO2. The lowest BCUT2D eigenvalue weighted by Crippen LogP contribution is -2.12. The zero-order valence-corrected chi connectivity index (χ0v) is 25.7. The van der Waals surface area contributed by atoms with Crippen LogP contribution in [0.5, 0.6) is 11.5 Å². The van der Waals surface area contributed by atoms with Crippen molar-refractivity contribution in [2.45, 2.75) is 66.2 Å². The third-order valence-corrected chi connectivity index (χ3v) is 7.51. The molecule has 0 aliphatic heterocycles. The van der Waals surface area contributed by atoms with E-state index in [1.165, 1.54) is 16.7 Å². The molecule has 0 atom stereocenters. The zero-order valence-electron chi connectivity index (χ0n) is 25.7. The summed E-state index contributed by atoms with van der Waals surface area (Å²) in [5.74, 6) is 0.657. The Morgan fingerprint density at radius 3 is 1.59 bits per heavy atom. The lowest BCUT2D eigenvalue weighted by molar-refractivity contribution is 0.471. The van der Waals surface area contributed by atoms with Crippen LogP contribution in [0.25, 0.3) is 27.9 Å². The number of aryl methyl sites for hydroxylation is 2. The maximum atomic E-state index is 10.9. The maximum Gasteiger partial charge on any atom is 0.147 e. The van der Waals surface area contributed by atoms with Crippen LogP contribution in [0.15, 0.2) is 103 Å². The summed E-state index contributed by atoms with van der Waals surface area (Å²) in [5.41, 5.74) is 9.83. The second-order valence-corrected chi connectivity index (χ2v) is 12.9. The van der Waals surface area contributed by atoms with Crippen molar-refractivity contribution in [2.24, 2.45) is 0 Å². The highest BCUT2D eigenvalue weighted by Crippen LogP contribution is 2.40. The van der Waals surface area contributed by atoms with Crippen LogP contribution in [0.3, 0.4) is 0 Å². The fourth-order valence-electron chi connectivity index (χ4n) is 4.92. The molecule has 212 valence electrons. The van der Waals surface area contributed by atoms with Gasteiger partial charge in [-0.1, -0.05) is 96.1 Å². The van der Waals surface area contributed by atoms with E-state index in [-0.39, 0.29) is 10.8 Å². The number of nitrogens with zero attached hydrogens (tertiary/aromatic N) is 1. The molecule has 0 saturated heterocycles. The second kappa shape index (κ2) is 11.7. The van der Waals surface area contributed by atoms with E-state index in [1.807, 2.05) is 65.5 Å². The molecule has 2 N–H and O–H groups in total. The van der Waals surface area contributed by atoms with Crippen molar-refractivity contribution in [1.29, 1.82) is 0 Å². The molecule has 3 heteroatoms. The van der Waals surface area contributed by atoms with Crippen molar-refractivity contribution >= 4 is 0 Å². The number of rotatable bonds is 3. The van der Waals surface area contributed by atoms with Crippen molar-refractivity contribution < 1.29 is 10.2 Å². The van der Waals surface area contributed by atoms with Gasteiger partial charge in [0.1, 0.15) is 11.5 Å². The maximum absolute atomic E-state index is 10.9. The summed E-state index contributed by atoms with van der Waals surface area (Å²) < 4.78 is 1.96.